The Morgan fingerprint density at radius 3 is 0.958 bits per heavy atom. The number of phenols is 2. The van der Waals surface area contributed by atoms with Crippen LogP contribution in [0.4, 0.5) is 11.4 Å². The minimum absolute atomic E-state index is 0.245. The van der Waals surface area contributed by atoms with E-state index in [1.807, 2.05) is 0 Å². The average molecular weight is 365 g/mol. The predicted octanol–water partition coefficient (Wildman–Crippen LogP) is 4.94. The minimum atomic E-state index is 0.245. The van der Waals surface area contributed by atoms with Crippen molar-refractivity contribution in [2.45, 2.75) is 0 Å². The highest BCUT2D eigenvalue weighted by Gasteiger charge is 1.85. The molecule has 0 saturated heterocycles. The van der Waals surface area contributed by atoms with Gasteiger partial charge in [-0.15, -0.1) is 0 Å². The number of aromatic hydroxyl groups is 2. The maximum Gasteiger partial charge on any atom is 0.115 e. The maximum absolute atomic E-state index is 8.70. The lowest BCUT2D eigenvalue weighted by molar-refractivity contribution is 0.475. The third-order valence-electron chi connectivity index (χ3n) is 2.59. The van der Waals surface area contributed by atoms with E-state index in [2.05, 4.69) is 0 Å². The second-order valence-electron chi connectivity index (χ2n) is 4.62. The zero-order valence-corrected chi connectivity index (χ0v) is 14.2. The Labute approximate surface area is 150 Å². The summed E-state index contributed by atoms with van der Waals surface area (Å²) in [5, 5.41) is 18.7. The summed E-state index contributed by atoms with van der Waals surface area (Å²) >= 11 is 11.0. The van der Waals surface area contributed by atoms with Gasteiger partial charge >= 0.3 is 0 Å². The normalized spacial score (nSPS) is 9.08. The lowest BCUT2D eigenvalue weighted by atomic mass is 10.3. The smallest absolute Gasteiger partial charge is 0.115 e. The number of benzene rings is 3. The Hall–Kier alpha value is -2.56. The number of anilines is 2. The molecular formula is C18H18Cl2N2O2. The number of nitrogens with two attached hydrogens (primary N) is 2. The van der Waals surface area contributed by atoms with Gasteiger partial charge in [-0.3, -0.25) is 0 Å². The fraction of sp³-hybridized carbons (Fsp3) is 0. The first-order chi connectivity index (χ1) is 11.4. The summed E-state index contributed by atoms with van der Waals surface area (Å²) in [7, 11) is 0. The van der Waals surface area contributed by atoms with E-state index < -0.39 is 0 Å². The molecule has 24 heavy (non-hydrogen) atoms. The van der Waals surface area contributed by atoms with Crippen molar-refractivity contribution in [3.8, 4) is 11.5 Å². The summed E-state index contributed by atoms with van der Waals surface area (Å²) < 4.78 is 0. The van der Waals surface area contributed by atoms with Gasteiger partial charge in [-0.05, 0) is 72.8 Å². The predicted molar refractivity (Wildman–Crippen MR) is 102 cm³/mol. The summed E-state index contributed by atoms with van der Waals surface area (Å²) in [6.45, 7) is 0. The van der Waals surface area contributed by atoms with Crippen LogP contribution >= 0.6 is 23.2 Å². The Balaban J connectivity index is 0.000000180. The van der Waals surface area contributed by atoms with Crippen LogP contribution in [0.5, 0.6) is 11.5 Å². The van der Waals surface area contributed by atoms with E-state index in [1.54, 1.807) is 72.8 Å². The lowest BCUT2D eigenvalue weighted by Gasteiger charge is -1.90. The molecule has 6 heteroatoms. The molecule has 0 amide bonds. The molecular weight excluding hydrogens is 347 g/mol. The first-order valence-corrected chi connectivity index (χ1v) is 7.62. The van der Waals surface area contributed by atoms with Gasteiger partial charge in [-0.25, -0.2) is 0 Å². The van der Waals surface area contributed by atoms with E-state index in [0.717, 1.165) is 11.4 Å². The Morgan fingerprint density at radius 1 is 0.500 bits per heavy atom. The molecule has 0 aromatic heterocycles. The van der Waals surface area contributed by atoms with E-state index >= 15 is 0 Å². The second-order valence-corrected chi connectivity index (χ2v) is 5.49. The summed E-state index contributed by atoms with van der Waals surface area (Å²) in [6, 6.07) is 19.8. The largest absolute Gasteiger partial charge is 0.508 e. The average Bonchev–Trinajstić information content (AvgIpc) is 2.57. The number of halogens is 2. The van der Waals surface area contributed by atoms with Crippen LogP contribution in [0.25, 0.3) is 0 Å². The highest BCUT2D eigenvalue weighted by molar-refractivity contribution is 6.30. The fourth-order valence-electron chi connectivity index (χ4n) is 1.38. The van der Waals surface area contributed by atoms with Gasteiger partial charge < -0.3 is 21.7 Å². The van der Waals surface area contributed by atoms with E-state index in [1.165, 1.54) is 0 Å². The lowest BCUT2D eigenvalue weighted by Crippen LogP contribution is -1.86. The minimum Gasteiger partial charge on any atom is -0.508 e. The van der Waals surface area contributed by atoms with Crippen molar-refractivity contribution in [3.63, 3.8) is 0 Å². The van der Waals surface area contributed by atoms with Crippen LogP contribution in [-0.4, -0.2) is 10.2 Å². The molecule has 3 rings (SSSR count). The Bertz CT molecular complexity index is 549. The number of hydrogen-bond donors (Lipinski definition) is 4. The van der Waals surface area contributed by atoms with Crippen molar-refractivity contribution in [1.82, 2.24) is 0 Å². The number of nitrogen functional groups attached to an aromatic ring is 2. The van der Waals surface area contributed by atoms with E-state index in [0.29, 0.717) is 10.0 Å². The molecule has 4 nitrogen and oxygen atoms in total. The molecule has 0 bridgehead atoms. The number of phenolic OH excluding ortho intramolecular Hbond substituents is 2. The quantitative estimate of drug-likeness (QED) is 0.425. The molecule has 0 aliphatic heterocycles. The Kier molecular flexibility index (Phi) is 8.33. The van der Waals surface area contributed by atoms with Crippen LogP contribution in [0.3, 0.4) is 0 Å². The summed E-state index contributed by atoms with van der Waals surface area (Å²) in [5.41, 5.74) is 12.2. The molecule has 0 fully saturated rings. The SMILES string of the molecule is Nc1ccc(N)cc1.Oc1ccc(Cl)cc1.Oc1ccc(Cl)cc1. The van der Waals surface area contributed by atoms with Gasteiger partial charge in [0.2, 0.25) is 0 Å². The van der Waals surface area contributed by atoms with Crippen molar-refractivity contribution in [2.75, 3.05) is 11.5 Å². The van der Waals surface area contributed by atoms with Crippen molar-refractivity contribution in [1.29, 1.82) is 0 Å². The van der Waals surface area contributed by atoms with Crippen LogP contribution < -0.4 is 11.5 Å². The number of rotatable bonds is 0. The third-order valence-corrected chi connectivity index (χ3v) is 3.09. The first kappa shape index (κ1) is 19.5. The van der Waals surface area contributed by atoms with Gasteiger partial charge in [-0.2, -0.15) is 0 Å². The van der Waals surface area contributed by atoms with Crippen molar-refractivity contribution in [3.05, 3.63) is 82.8 Å². The molecule has 0 aliphatic rings. The standard InChI is InChI=1S/2C6H5ClO.C6H8N2/c2*7-5-1-3-6(8)4-2-5;7-5-1-2-6(8)4-3-5/h2*1-4,8H;1-4H,7-8H2. The van der Waals surface area contributed by atoms with E-state index in [4.69, 9.17) is 44.9 Å². The van der Waals surface area contributed by atoms with Gasteiger partial charge in [0.1, 0.15) is 11.5 Å². The number of hydrogen-bond acceptors (Lipinski definition) is 4. The Morgan fingerprint density at radius 2 is 0.750 bits per heavy atom. The van der Waals surface area contributed by atoms with E-state index in [-0.39, 0.29) is 11.5 Å². The fourth-order valence-corrected chi connectivity index (χ4v) is 1.63. The van der Waals surface area contributed by atoms with Crippen molar-refractivity contribution >= 4 is 34.6 Å². The van der Waals surface area contributed by atoms with Gasteiger partial charge in [0, 0.05) is 21.4 Å². The molecule has 0 spiro atoms. The van der Waals surface area contributed by atoms with Crippen LogP contribution in [0.15, 0.2) is 72.8 Å². The molecule has 0 saturated carbocycles. The van der Waals surface area contributed by atoms with Crippen LogP contribution in [-0.2, 0) is 0 Å². The maximum atomic E-state index is 8.70. The van der Waals surface area contributed by atoms with Crippen LogP contribution in [0.1, 0.15) is 0 Å². The monoisotopic (exact) mass is 364 g/mol. The van der Waals surface area contributed by atoms with Gasteiger partial charge in [0.05, 0.1) is 0 Å². The van der Waals surface area contributed by atoms with Gasteiger partial charge in [-0.1, -0.05) is 23.2 Å². The molecule has 0 atom stereocenters. The molecule has 0 aliphatic carbocycles. The first-order valence-electron chi connectivity index (χ1n) is 6.87. The van der Waals surface area contributed by atoms with Gasteiger partial charge in [0.15, 0.2) is 0 Å². The van der Waals surface area contributed by atoms with Crippen molar-refractivity contribution in [2.24, 2.45) is 0 Å². The molecule has 0 unspecified atom stereocenters. The van der Waals surface area contributed by atoms with Crippen LogP contribution in [0.2, 0.25) is 10.0 Å². The van der Waals surface area contributed by atoms with Crippen molar-refractivity contribution < 1.29 is 10.2 Å². The molecule has 3 aromatic rings. The highest BCUT2D eigenvalue weighted by Crippen LogP contribution is 2.13. The molecule has 6 N–H and O–H groups in total. The molecule has 0 radical (unpaired) electrons. The summed E-state index contributed by atoms with van der Waals surface area (Å²) in [6.07, 6.45) is 0. The van der Waals surface area contributed by atoms with Crippen LogP contribution in [0, 0.1) is 0 Å². The highest BCUT2D eigenvalue weighted by atomic mass is 35.5. The summed E-state index contributed by atoms with van der Waals surface area (Å²) in [4.78, 5) is 0. The van der Waals surface area contributed by atoms with Gasteiger partial charge in [0.25, 0.3) is 0 Å². The van der Waals surface area contributed by atoms with E-state index in [9.17, 15) is 0 Å². The third kappa shape index (κ3) is 8.78. The zero-order valence-electron chi connectivity index (χ0n) is 12.7. The second kappa shape index (κ2) is 10.3. The molecule has 126 valence electrons. The zero-order chi connectivity index (χ0) is 17.9. The molecule has 0 heterocycles. The molecule has 3 aromatic carbocycles. The summed E-state index contributed by atoms with van der Waals surface area (Å²) in [5.74, 6) is 0.490. The topological polar surface area (TPSA) is 92.5 Å².